The summed E-state index contributed by atoms with van der Waals surface area (Å²) in [6.45, 7) is 7.18. The molecule has 3 N–H and O–H groups in total. The van der Waals surface area contributed by atoms with Crippen LogP contribution in [-0.2, 0) is 65.4 Å². The number of hydrogen-bond acceptors (Lipinski definition) is 15. The Hall–Kier alpha value is -1.94. The molecule has 3 unspecified atom stereocenters. The van der Waals surface area contributed by atoms with Crippen molar-refractivity contribution in [3.8, 4) is 0 Å². The summed E-state index contributed by atoms with van der Waals surface area (Å²) in [5, 5.41) is 10.6. The molecule has 0 bridgehead atoms. The number of hydrogen-bond donors (Lipinski definition) is 3. The van der Waals surface area contributed by atoms with Gasteiger partial charge in [0.15, 0.2) is 12.2 Å². The maximum Gasteiger partial charge on any atom is 0.472 e. The number of rotatable bonds is 70. The minimum atomic E-state index is -4.95. The Bertz CT molecular complexity index is 1720. The van der Waals surface area contributed by atoms with E-state index in [-0.39, 0.29) is 25.7 Å². The topological polar surface area (TPSA) is 237 Å². The molecule has 0 aromatic heterocycles. The number of carbonyl (C=O) groups excluding carboxylic acids is 4. The van der Waals surface area contributed by atoms with Crippen LogP contribution >= 0.6 is 15.6 Å². The fourth-order valence-corrected chi connectivity index (χ4v) is 12.2. The highest BCUT2D eigenvalue weighted by Gasteiger charge is 2.30. The second-order valence-electron chi connectivity index (χ2n) is 25.5. The summed E-state index contributed by atoms with van der Waals surface area (Å²) < 4.78 is 68.2. The average molecular weight is 1310 g/mol. The summed E-state index contributed by atoms with van der Waals surface area (Å²) >= 11 is 0. The Balaban J connectivity index is 5.16. The highest BCUT2D eigenvalue weighted by molar-refractivity contribution is 7.47. The number of phosphoric acid groups is 2. The number of aliphatic hydroxyl groups excluding tert-OH is 1. The number of carbonyl (C=O) groups is 4. The lowest BCUT2D eigenvalue weighted by atomic mass is 10.00. The molecule has 17 nitrogen and oxygen atoms in total. The number of unbranched alkanes of at least 4 members (excludes halogenated alkanes) is 41. The van der Waals surface area contributed by atoms with Crippen molar-refractivity contribution in [1.82, 2.24) is 0 Å². The van der Waals surface area contributed by atoms with Gasteiger partial charge in [-0.15, -0.1) is 0 Å². The van der Waals surface area contributed by atoms with Crippen LogP contribution in [0, 0.1) is 5.92 Å². The zero-order chi connectivity index (χ0) is 65.6. The highest BCUT2D eigenvalue weighted by atomic mass is 31.2. The molecule has 0 aromatic carbocycles. The molecule has 0 saturated carbocycles. The first-order valence-corrected chi connectivity index (χ1v) is 39.7. The second-order valence-corrected chi connectivity index (χ2v) is 28.4. The molecule has 0 aliphatic rings. The lowest BCUT2D eigenvalue weighted by Crippen LogP contribution is -2.30. The molecule has 528 valence electrons. The molecule has 0 fully saturated rings. The first-order chi connectivity index (χ1) is 43.1. The molecule has 6 atom stereocenters. The third kappa shape index (κ3) is 63.2. The van der Waals surface area contributed by atoms with Crippen LogP contribution in [0.2, 0.25) is 0 Å². The van der Waals surface area contributed by atoms with E-state index in [2.05, 4.69) is 34.6 Å². The SMILES string of the molecule is CCCCCCCCCCCCCCCCCCCCCCC(=O)O[C@H](COC(=O)CCCCCCCCC(C)CC)COP(=O)(O)OC[C@@H](O)COP(=O)(O)OC[C@@H](COC(=O)CCCCCCCCCCC)OC(=O)CCCCCCCCCCCC. The van der Waals surface area contributed by atoms with Crippen molar-refractivity contribution in [2.75, 3.05) is 39.6 Å². The quantitative estimate of drug-likeness (QED) is 0.0222. The number of ether oxygens (including phenoxy) is 4. The molecule has 0 saturated heterocycles. The summed E-state index contributed by atoms with van der Waals surface area (Å²) in [5.74, 6) is -1.40. The zero-order valence-electron chi connectivity index (χ0n) is 57.6. The van der Waals surface area contributed by atoms with Crippen LogP contribution < -0.4 is 0 Å². The fraction of sp³-hybridized carbons (Fsp3) is 0.943. The average Bonchev–Trinajstić information content (AvgIpc) is 3.73. The van der Waals surface area contributed by atoms with E-state index < -0.39 is 97.5 Å². The van der Waals surface area contributed by atoms with Gasteiger partial charge in [-0.2, -0.15) is 0 Å². The number of esters is 4. The van der Waals surface area contributed by atoms with Gasteiger partial charge >= 0.3 is 39.5 Å². The summed E-state index contributed by atoms with van der Waals surface area (Å²) in [7, 11) is -9.89. The molecular formula is C70H136O17P2. The van der Waals surface area contributed by atoms with Crippen molar-refractivity contribution < 1.29 is 80.2 Å². The molecule has 0 aliphatic carbocycles. The Morgan fingerprint density at radius 1 is 0.315 bits per heavy atom. The molecule has 0 aliphatic heterocycles. The second kappa shape index (κ2) is 63.5. The van der Waals surface area contributed by atoms with Gasteiger partial charge in [-0.05, 0) is 31.6 Å². The van der Waals surface area contributed by atoms with Crippen molar-refractivity contribution in [2.24, 2.45) is 5.92 Å². The maximum atomic E-state index is 13.0. The van der Waals surface area contributed by atoms with Crippen LogP contribution in [-0.4, -0.2) is 96.7 Å². The van der Waals surface area contributed by atoms with Crippen LogP contribution in [0.15, 0.2) is 0 Å². The van der Waals surface area contributed by atoms with Crippen molar-refractivity contribution in [2.45, 2.75) is 380 Å². The molecule has 0 rings (SSSR count). The van der Waals surface area contributed by atoms with Gasteiger partial charge in [-0.3, -0.25) is 37.3 Å². The van der Waals surface area contributed by atoms with Gasteiger partial charge < -0.3 is 33.8 Å². The molecule has 19 heteroatoms. The van der Waals surface area contributed by atoms with Crippen molar-refractivity contribution in [3.63, 3.8) is 0 Å². The Kier molecular flexibility index (Phi) is 62.1. The van der Waals surface area contributed by atoms with Crippen LogP contribution in [0.5, 0.6) is 0 Å². The number of phosphoric ester groups is 2. The van der Waals surface area contributed by atoms with Gasteiger partial charge in [0.2, 0.25) is 0 Å². The third-order valence-electron chi connectivity index (χ3n) is 16.6. The first-order valence-electron chi connectivity index (χ1n) is 36.7. The normalized spacial score (nSPS) is 14.4. The summed E-state index contributed by atoms with van der Waals surface area (Å²) in [5.41, 5.74) is 0. The molecular weight excluding hydrogens is 1170 g/mol. The van der Waals surface area contributed by atoms with E-state index in [1.165, 1.54) is 180 Å². The maximum absolute atomic E-state index is 13.0. The van der Waals surface area contributed by atoms with Crippen LogP contribution in [0.25, 0.3) is 0 Å². The molecule has 0 aromatic rings. The van der Waals surface area contributed by atoms with Gasteiger partial charge in [0.1, 0.15) is 19.3 Å². The van der Waals surface area contributed by atoms with E-state index in [4.69, 9.17) is 37.0 Å². The number of aliphatic hydroxyl groups is 1. The first kappa shape index (κ1) is 87.1. The zero-order valence-corrected chi connectivity index (χ0v) is 59.4. The van der Waals surface area contributed by atoms with Gasteiger partial charge in [0, 0.05) is 25.7 Å². The highest BCUT2D eigenvalue weighted by Crippen LogP contribution is 2.45. The molecule has 0 spiro atoms. The van der Waals surface area contributed by atoms with Gasteiger partial charge in [0.25, 0.3) is 0 Å². The Morgan fingerprint density at radius 2 is 0.539 bits per heavy atom. The fourth-order valence-electron chi connectivity index (χ4n) is 10.6. The van der Waals surface area contributed by atoms with Gasteiger partial charge in [-0.25, -0.2) is 9.13 Å². The lowest BCUT2D eigenvalue weighted by molar-refractivity contribution is -0.161. The van der Waals surface area contributed by atoms with Crippen molar-refractivity contribution in [1.29, 1.82) is 0 Å². The van der Waals surface area contributed by atoms with Gasteiger partial charge in [-0.1, -0.05) is 311 Å². The molecule has 0 heterocycles. The minimum Gasteiger partial charge on any atom is -0.462 e. The molecule has 0 amide bonds. The molecule has 0 radical (unpaired) electrons. The van der Waals surface area contributed by atoms with E-state index in [0.29, 0.717) is 25.7 Å². The third-order valence-corrected chi connectivity index (χ3v) is 18.5. The van der Waals surface area contributed by atoms with E-state index in [1.54, 1.807) is 0 Å². The monoisotopic (exact) mass is 1310 g/mol. The Morgan fingerprint density at radius 3 is 0.798 bits per heavy atom. The lowest BCUT2D eigenvalue weighted by Gasteiger charge is -2.21. The van der Waals surface area contributed by atoms with E-state index >= 15 is 0 Å². The summed E-state index contributed by atoms with van der Waals surface area (Å²) in [6.07, 6.45) is 50.1. The van der Waals surface area contributed by atoms with Crippen LogP contribution in [0.4, 0.5) is 0 Å². The van der Waals surface area contributed by atoms with E-state index in [9.17, 15) is 43.2 Å². The van der Waals surface area contributed by atoms with E-state index in [0.717, 1.165) is 102 Å². The summed E-state index contributed by atoms with van der Waals surface area (Å²) in [6, 6.07) is 0. The predicted octanol–water partition coefficient (Wildman–Crippen LogP) is 20.1. The van der Waals surface area contributed by atoms with Gasteiger partial charge in [0.05, 0.1) is 26.4 Å². The minimum absolute atomic E-state index is 0.106. The standard InChI is InChI=1S/C70H136O17P2/c1-6-10-13-16-19-22-24-25-26-27-28-29-30-31-32-33-36-39-46-51-56-70(75)87-66(60-81-68(73)54-49-44-41-40-42-47-52-63(5)9-4)62-85-89(78,79)83-58-64(71)57-82-88(76,77)84-61-65(59-80-67(72)53-48-43-37-34-21-18-15-12-8-3)86-69(74)55-50-45-38-35-23-20-17-14-11-7-2/h63-66,71H,6-62H2,1-5H3,(H,76,77)(H,78,79)/t63?,64-,65+,66+/m0/s1. The van der Waals surface area contributed by atoms with Crippen LogP contribution in [0.1, 0.15) is 362 Å². The largest absolute Gasteiger partial charge is 0.472 e. The Labute approximate surface area is 543 Å². The smallest absolute Gasteiger partial charge is 0.462 e. The van der Waals surface area contributed by atoms with Crippen molar-refractivity contribution >= 4 is 39.5 Å². The molecule has 89 heavy (non-hydrogen) atoms. The summed E-state index contributed by atoms with van der Waals surface area (Å²) in [4.78, 5) is 72.4. The predicted molar refractivity (Wildman–Crippen MR) is 358 cm³/mol. The van der Waals surface area contributed by atoms with E-state index in [1.807, 2.05) is 0 Å². The van der Waals surface area contributed by atoms with Crippen LogP contribution in [0.3, 0.4) is 0 Å². The van der Waals surface area contributed by atoms with Crippen molar-refractivity contribution in [3.05, 3.63) is 0 Å².